The quantitative estimate of drug-likeness (QED) is 0.0376. The number of hydrogen-bond donors (Lipinski definition) is 3. The Morgan fingerprint density at radius 2 is 1.78 bits per heavy atom. The third-order valence-electron chi connectivity index (χ3n) is 13.3. The SMILES string of the molecule is C#CN(N)[C@@H]1[C@@H](C)C(=O)[C@H](C)C[C@@](C)(OC)[C@H](O[C@@H]2O[C@@H](C)C[C@H](N(C)CCc3cn(CCCOc4ccc(-c5csnn5)cc4)nn3)[C@H]2O)[C@@H](C)C(=O)[C@@H](C)C(=O)O[C@H](CC)[C@@]1(C)O. The van der Waals surface area contributed by atoms with E-state index in [9.17, 15) is 24.6 Å². The number of ketones is 2. The van der Waals surface area contributed by atoms with Crippen molar-refractivity contribution in [3.8, 4) is 29.5 Å². The fourth-order valence-corrected chi connectivity index (χ4v) is 9.87. The number of Topliss-reactive ketones (excluding diaryl/α,β-unsaturated/α-hetero) is 2. The lowest BCUT2D eigenvalue weighted by molar-refractivity contribution is -0.296. The Balaban J connectivity index is 1.27. The molecule has 65 heavy (non-hydrogen) atoms. The third-order valence-corrected chi connectivity index (χ3v) is 13.8. The molecule has 3 aromatic rings. The number of aliphatic hydroxyl groups excluding tert-OH is 1. The number of benzene rings is 1. The van der Waals surface area contributed by atoms with Gasteiger partial charge in [0.05, 0.1) is 36.2 Å². The van der Waals surface area contributed by atoms with Gasteiger partial charge in [-0.25, -0.2) is 5.84 Å². The second-order valence-corrected chi connectivity index (χ2v) is 18.8. The summed E-state index contributed by atoms with van der Waals surface area (Å²) in [7, 11) is 3.37. The molecule has 19 heteroatoms. The third kappa shape index (κ3) is 12.1. The van der Waals surface area contributed by atoms with Crippen LogP contribution in [0.2, 0.25) is 0 Å². The summed E-state index contributed by atoms with van der Waals surface area (Å²) in [5.74, 6) is 1.32. The highest BCUT2D eigenvalue weighted by molar-refractivity contribution is 7.03. The van der Waals surface area contributed by atoms with Crippen LogP contribution in [-0.4, -0.2) is 144 Å². The van der Waals surface area contributed by atoms with Gasteiger partial charge in [0.1, 0.15) is 41.0 Å². The van der Waals surface area contributed by atoms with Gasteiger partial charge >= 0.3 is 5.97 Å². The molecule has 0 saturated carbocycles. The van der Waals surface area contributed by atoms with E-state index < -0.39 is 83.3 Å². The number of esters is 1. The minimum Gasteiger partial charge on any atom is -0.494 e. The van der Waals surface area contributed by atoms with Crippen molar-refractivity contribution in [3.63, 3.8) is 0 Å². The van der Waals surface area contributed by atoms with Crippen LogP contribution in [-0.2, 0) is 46.3 Å². The molecule has 5 rings (SSSR count). The standard InChI is InChI=1S/C46H68N8O10S/c1-12-37-46(9,59)41(54(47)13-2)29(5)38(55)27(3)24-45(8,60-11)42(30(6)39(56)31(7)43(58)63-37)64-44-40(57)36(23-28(4)62-44)52(10)21-19-33-25-53(50-48-33)20-14-22-61-34-17-15-32(16-18-34)35-26-65-51-49-35/h2,15-18,25-31,36-37,40-42,44,57,59H,12,14,19-24,47H2,1,3-11H3/t27-,28+,29+,30+,31-,36+,37-,40-,41-,42-,44+,45-,46-/m1/s1. The molecule has 2 saturated heterocycles. The van der Waals surface area contributed by atoms with Gasteiger partial charge in [-0.15, -0.1) is 10.2 Å². The molecule has 1 aromatic carbocycles. The van der Waals surface area contributed by atoms with Crippen molar-refractivity contribution in [1.82, 2.24) is 34.5 Å². The number of terminal acetylenes is 1. The molecule has 4 N–H and O–H groups in total. The van der Waals surface area contributed by atoms with Crippen LogP contribution in [0.15, 0.2) is 35.8 Å². The fraction of sp³-hybridized carbons (Fsp3) is 0.674. The molecular formula is C46H68N8O10S. The van der Waals surface area contributed by atoms with Crippen LogP contribution in [0.25, 0.3) is 11.3 Å². The van der Waals surface area contributed by atoms with Crippen LogP contribution in [0, 0.1) is 36.1 Å². The van der Waals surface area contributed by atoms with E-state index in [0.29, 0.717) is 32.5 Å². The molecule has 358 valence electrons. The molecule has 13 atom stereocenters. The number of nitrogens with two attached hydrogens (primary N) is 1. The zero-order valence-corrected chi connectivity index (χ0v) is 40.1. The minimum absolute atomic E-state index is 0.0519. The average molecular weight is 925 g/mol. The Hall–Kier alpha value is -4.39. The molecule has 0 radical (unpaired) electrons. The molecule has 2 aromatic heterocycles. The summed E-state index contributed by atoms with van der Waals surface area (Å²) in [6.07, 6.45) is 4.54. The minimum atomic E-state index is -1.89. The Morgan fingerprint density at radius 1 is 1.08 bits per heavy atom. The number of aromatic nitrogens is 5. The highest BCUT2D eigenvalue weighted by Crippen LogP contribution is 2.39. The van der Waals surface area contributed by atoms with Crippen molar-refractivity contribution in [2.45, 2.75) is 148 Å². The maximum Gasteiger partial charge on any atom is 0.316 e. The molecule has 0 unspecified atom stereocenters. The summed E-state index contributed by atoms with van der Waals surface area (Å²) in [4.78, 5) is 44.4. The number of hydrogen-bond acceptors (Lipinski definition) is 18. The molecule has 0 amide bonds. The number of rotatable bonds is 15. The maximum absolute atomic E-state index is 14.3. The van der Waals surface area contributed by atoms with Crippen molar-refractivity contribution < 1.29 is 48.3 Å². The predicted octanol–water partition coefficient (Wildman–Crippen LogP) is 3.69. The lowest BCUT2D eigenvalue weighted by Gasteiger charge is -2.47. The van der Waals surface area contributed by atoms with Gasteiger partial charge in [-0.05, 0) is 89.8 Å². The zero-order chi connectivity index (χ0) is 47.8. The molecule has 0 spiro atoms. The molecule has 0 aliphatic carbocycles. The predicted molar refractivity (Wildman–Crippen MR) is 242 cm³/mol. The summed E-state index contributed by atoms with van der Waals surface area (Å²) in [5.41, 5.74) is -0.630. The number of carbonyl (C=O) groups is 3. The van der Waals surface area contributed by atoms with Crippen LogP contribution in [0.3, 0.4) is 0 Å². The maximum atomic E-state index is 14.3. The molecule has 0 bridgehead atoms. The number of likely N-dealkylation sites (N-methyl/N-ethyl adjacent to an activating group) is 1. The number of hydrazine groups is 1. The van der Waals surface area contributed by atoms with Gasteiger partial charge in [0.15, 0.2) is 12.1 Å². The van der Waals surface area contributed by atoms with E-state index in [4.69, 9.17) is 36.0 Å². The molecule has 2 aliphatic rings. The van der Waals surface area contributed by atoms with Gasteiger partial charge in [0, 0.05) is 80.0 Å². The monoisotopic (exact) mass is 924 g/mol. The average Bonchev–Trinajstić information content (AvgIpc) is 4.00. The largest absolute Gasteiger partial charge is 0.494 e. The summed E-state index contributed by atoms with van der Waals surface area (Å²) < 4.78 is 36.6. The van der Waals surface area contributed by atoms with E-state index in [2.05, 4.69) is 25.9 Å². The lowest BCUT2D eigenvalue weighted by Crippen LogP contribution is -2.63. The van der Waals surface area contributed by atoms with Gasteiger partial charge in [-0.1, -0.05) is 43.8 Å². The van der Waals surface area contributed by atoms with Crippen molar-refractivity contribution >= 4 is 29.1 Å². The van der Waals surface area contributed by atoms with Gasteiger partial charge < -0.3 is 38.8 Å². The summed E-state index contributed by atoms with van der Waals surface area (Å²) in [5, 5.41) is 39.5. The second kappa shape index (κ2) is 22.4. The Morgan fingerprint density at radius 3 is 2.42 bits per heavy atom. The van der Waals surface area contributed by atoms with Crippen molar-refractivity contribution in [1.29, 1.82) is 0 Å². The molecule has 2 fully saturated rings. The topological polar surface area (TPSA) is 227 Å². The van der Waals surface area contributed by atoms with Gasteiger partial charge in [-0.2, -0.15) is 0 Å². The van der Waals surface area contributed by atoms with E-state index >= 15 is 0 Å². The summed E-state index contributed by atoms with van der Waals surface area (Å²) in [6, 6.07) is 8.46. The Bertz CT molecular complexity index is 2060. The molecule has 18 nitrogen and oxygen atoms in total. The summed E-state index contributed by atoms with van der Waals surface area (Å²) >= 11 is 1.31. The van der Waals surface area contributed by atoms with Crippen LogP contribution in [0.5, 0.6) is 5.75 Å². The lowest BCUT2D eigenvalue weighted by atomic mass is 9.73. The highest BCUT2D eigenvalue weighted by Gasteiger charge is 2.53. The number of ether oxygens (including phenoxy) is 5. The number of cyclic esters (lactones) is 1. The van der Waals surface area contributed by atoms with Crippen LogP contribution >= 0.6 is 11.5 Å². The highest BCUT2D eigenvalue weighted by atomic mass is 32.1. The zero-order valence-electron chi connectivity index (χ0n) is 39.3. The van der Waals surface area contributed by atoms with Gasteiger partial charge in [-0.3, -0.25) is 24.1 Å². The van der Waals surface area contributed by atoms with Gasteiger partial charge in [0.2, 0.25) is 0 Å². The number of aliphatic hydroxyl groups is 2. The number of nitrogens with zero attached hydrogens (tertiary/aromatic N) is 7. The van der Waals surface area contributed by atoms with Crippen LogP contribution in [0.1, 0.15) is 86.8 Å². The van der Waals surface area contributed by atoms with Crippen molar-refractivity contribution in [3.05, 3.63) is 41.5 Å². The smallest absolute Gasteiger partial charge is 0.316 e. The molecular weight excluding hydrogens is 857 g/mol. The van der Waals surface area contributed by atoms with E-state index in [0.717, 1.165) is 34.1 Å². The Labute approximate surface area is 386 Å². The van der Waals surface area contributed by atoms with E-state index in [1.165, 1.54) is 32.5 Å². The second-order valence-electron chi connectivity index (χ2n) is 18.2. The van der Waals surface area contributed by atoms with Crippen LogP contribution in [0.4, 0.5) is 0 Å². The number of aryl methyl sites for hydroxylation is 1. The Kier molecular flexibility index (Phi) is 17.8. The van der Waals surface area contributed by atoms with E-state index in [1.807, 2.05) is 54.7 Å². The van der Waals surface area contributed by atoms with Gasteiger partial charge in [0.25, 0.3) is 0 Å². The first-order valence-corrected chi connectivity index (χ1v) is 23.2. The van der Waals surface area contributed by atoms with E-state index in [-0.39, 0.29) is 24.7 Å². The molecule has 4 heterocycles. The number of methoxy groups -OCH3 is 1. The first-order chi connectivity index (χ1) is 30.8. The molecule has 2 aliphatic heterocycles. The van der Waals surface area contributed by atoms with Crippen molar-refractivity contribution in [2.24, 2.45) is 29.5 Å². The first kappa shape index (κ1) is 51.6. The van der Waals surface area contributed by atoms with Crippen molar-refractivity contribution in [2.75, 3.05) is 27.3 Å². The van der Waals surface area contributed by atoms with E-state index in [1.54, 1.807) is 39.3 Å². The normalized spacial score (nSPS) is 33.0. The number of carbonyl (C=O) groups excluding carboxylic acids is 3. The van der Waals surface area contributed by atoms with Crippen LogP contribution < -0.4 is 10.6 Å². The summed E-state index contributed by atoms with van der Waals surface area (Å²) in [6.45, 7) is 14.8. The fourth-order valence-electron chi connectivity index (χ4n) is 9.41. The first-order valence-electron chi connectivity index (χ1n) is 22.4.